The van der Waals surface area contributed by atoms with E-state index in [9.17, 15) is 9.59 Å². The average Bonchev–Trinajstić information content (AvgIpc) is 2.64. The molecular formula is C11H20N2O3. The minimum atomic E-state index is -0.0162. The third-order valence-electron chi connectivity index (χ3n) is 2.89. The van der Waals surface area contributed by atoms with Gasteiger partial charge < -0.3 is 10.1 Å². The van der Waals surface area contributed by atoms with Crippen LogP contribution in [-0.2, 0) is 14.3 Å². The van der Waals surface area contributed by atoms with Crippen LogP contribution in [0.3, 0.4) is 0 Å². The Balaban J connectivity index is 2.31. The summed E-state index contributed by atoms with van der Waals surface area (Å²) >= 11 is 0. The van der Waals surface area contributed by atoms with Crippen molar-refractivity contribution in [2.45, 2.75) is 38.8 Å². The van der Waals surface area contributed by atoms with Crippen LogP contribution < -0.4 is 5.32 Å². The van der Waals surface area contributed by atoms with Crippen molar-refractivity contribution in [2.75, 3.05) is 19.8 Å². The standard InChI is InChI=1S/C11H20N2O3/c1-9(2)13(7-16-8-14)6-4-10-11(15)3-5-12-10/h8-10,12H,3-7H2,1-2H3. The van der Waals surface area contributed by atoms with E-state index in [-0.39, 0.29) is 6.04 Å². The van der Waals surface area contributed by atoms with Gasteiger partial charge in [0.25, 0.3) is 6.47 Å². The predicted octanol–water partition coefficient (Wildman–Crippen LogP) is 0.148. The van der Waals surface area contributed by atoms with Crippen LogP contribution in [0.4, 0.5) is 0 Å². The Morgan fingerprint density at radius 1 is 1.62 bits per heavy atom. The smallest absolute Gasteiger partial charge is 0.294 e. The lowest BCUT2D eigenvalue weighted by molar-refractivity contribution is -0.134. The number of ketones is 1. The zero-order chi connectivity index (χ0) is 12.0. The van der Waals surface area contributed by atoms with E-state index in [0.29, 0.717) is 31.4 Å². The number of Topliss-reactive ketones (excluding diaryl/α,β-unsaturated/α-hetero) is 1. The molecule has 0 aliphatic carbocycles. The maximum atomic E-state index is 11.4. The van der Waals surface area contributed by atoms with Gasteiger partial charge in [0.05, 0.1) is 6.04 Å². The highest BCUT2D eigenvalue weighted by Crippen LogP contribution is 2.07. The first-order valence-corrected chi connectivity index (χ1v) is 5.70. The molecule has 1 rings (SSSR count). The maximum Gasteiger partial charge on any atom is 0.294 e. The number of ether oxygens (including phenoxy) is 1. The van der Waals surface area contributed by atoms with E-state index in [1.54, 1.807) is 0 Å². The van der Waals surface area contributed by atoms with Crippen LogP contribution in [0.15, 0.2) is 0 Å². The molecule has 0 bridgehead atoms. The third-order valence-corrected chi connectivity index (χ3v) is 2.89. The Morgan fingerprint density at radius 3 is 2.88 bits per heavy atom. The molecule has 1 saturated heterocycles. The summed E-state index contributed by atoms with van der Waals surface area (Å²) in [5, 5.41) is 3.17. The van der Waals surface area contributed by atoms with E-state index in [0.717, 1.165) is 19.5 Å². The van der Waals surface area contributed by atoms with Crippen molar-refractivity contribution in [3.05, 3.63) is 0 Å². The van der Waals surface area contributed by atoms with Gasteiger partial charge in [-0.15, -0.1) is 0 Å². The largest absolute Gasteiger partial charge is 0.452 e. The van der Waals surface area contributed by atoms with Crippen LogP contribution in [0.5, 0.6) is 0 Å². The molecule has 5 heteroatoms. The predicted molar refractivity (Wildman–Crippen MR) is 59.9 cm³/mol. The quantitative estimate of drug-likeness (QED) is 0.496. The Kier molecular flexibility index (Phi) is 5.42. The molecule has 5 nitrogen and oxygen atoms in total. The van der Waals surface area contributed by atoms with Crippen LogP contribution in [0.2, 0.25) is 0 Å². The molecule has 1 aliphatic heterocycles. The number of carbonyl (C=O) groups is 2. The number of carbonyl (C=O) groups excluding carboxylic acids is 2. The van der Waals surface area contributed by atoms with E-state index in [2.05, 4.69) is 5.32 Å². The van der Waals surface area contributed by atoms with E-state index >= 15 is 0 Å². The van der Waals surface area contributed by atoms with Crippen LogP contribution in [0.25, 0.3) is 0 Å². The molecule has 1 heterocycles. The highest BCUT2D eigenvalue weighted by molar-refractivity contribution is 5.86. The van der Waals surface area contributed by atoms with Crippen LogP contribution in [0, 0.1) is 0 Å². The SMILES string of the molecule is CC(C)N(CCC1NCCC1=O)COC=O. The molecule has 0 aromatic rings. The Hall–Kier alpha value is -0.940. The van der Waals surface area contributed by atoms with Crippen LogP contribution in [0.1, 0.15) is 26.7 Å². The summed E-state index contributed by atoms with van der Waals surface area (Å²) in [4.78, 5) is 23.6. The Bertz CT molecular complexity index is 243. The first-order chi connectivity index (χ1) is 7.65. The lowest BCUT2D eigenvalue weighted by Crippen LogP contribution is -2.38. The van der Waals surface area contributed by atoms with Crippen molar-refractivity contribution < 1.29 is 14.3 Å². The molecule has 0 aromatic carbocycles. The van der Waals surface area contributed by atoms with Gasteiger partial charge in [-0.2, -0.15) is 0 Å². The molecule has 16 heavy (non-hydrogen) atoms. The summed E-state index contributed by atoms with van der Waals surface area (Å²) in [6.07, 6.45) is 1.41. The molecule has 0 spiro atoms. The zero-order valence-corrected chi connectivity index (χ0v) is 9.94. The van der Waals surface area contributed by atoms with Gasteiger partial charge in [0.1, 0.15) is 6.73 Å². The third kappa shape index (κ3) is 3.90. The number of nitrogens with zero attached hydrogens (tertiary/aromatic N) is 1. The summed E-state index contributed by atoms with van der Waals surface area (Å²) in [6, 6.07) is 0.286. The fourth-order valence-electron chi connectivity index (χ4n) is 1.81. The van der Waals surface area contributed by atoms with Gasteiger partial charge in [0.2, 0.25) is 0 Å². The summed E-state index contributed by atoms with van der Waals surface area (Å²) in [6.45, 7) is 6.37. The fraction of sp³-hybridized carbons (Fsp3) is 0.818. The lowest BCUT2D eigenvalue weighted by atomic mass is 10.1. The van der Waals surface area contributed by atoms with Gasteiger partial charge >= 0.3 is 0 Å². The van der Waals surface area contributed by atoms with Gasteiger partial charge in [-0.05, 0) is 20.3 Å². The molecular weight excluding hydrogens is 208 g/mol. The van der Waals surface area contributed by atoms with E-state index in [1.165, 1.54) is 0 Å². The molecule has 1 unspecified atom stereocenters. The van der Waals surface area contributed by atoms with Gasteiger partial charge in [-0.3, -0.25) is 14.5 Å². The minimum Gasteiger partial charge on any atom is -0.452 e. The number of hydrogen-bond donors (Lipinski definition) is 1. The highest BCUT2D eigenvalue weighted by atomic mass is 16.5. The van der Waals surface area contributed by atoms with Crippen LogP contribution >= 0.6 is 0 Å². The second-order valence-corrected chi connectivity index (χ2v) is 4.31. The van der Waals surface area contributed by atoms with E-state index in [4.69, 9.17) is 4.74 Å². The lowest BCUT2D eigenvalue weighted by Gasteiger charge is -2.25. The van der Waals surface area contributed by atoms with Crippen molar-refractivity contribution in [1.29, 1.82) is 0 Å². The average molecular weight is 228 g/mol. The number of nitrogens with one attached hydrogen (secondary N) is 1. The number of rotatable bonds is 7. The zero-order valence-electron chi connectivity index (χ0n) is 9.94. The van der Waals surface area contributed by atoms with Crippen LogP contribution in [-0.4, -0.2) is 49.1 Å². The van der Waals surface area contributed by atoms with Gasteiger partial charge in [-0.1, -0.05) is 0 Å². The molecule has 0 amide bonds. The molecule has 1 N–H and O–H groups in total. The monoisotopic (exact) mass is 228 g/mol. The van der Waals surface area contributed by atoms with Crippen molar-refractivity contribution >= 4 is 12.3 Å². The van der Waals surface area contributed by atoms with E-state index < -0.39 is 0 Å². The highest BCUT2D eigenvalue weighted by Gasteiger charge is 2.24. The Labute approximate surface area is 96.1 Å². The molecule has 1 atom stereocenters. The maximum absolute atomic E-state index is 11.4. The van der Waals surface area contributed by atoms with Gasteiger partial charge in [-0.25, -0.2) is 0 Å². The van der Waals surface area contributed by atoms with Crippen molar-refractivity contribution in [3.8, 4) is 0 Å². The number of hydrogen-bond acceptors (Lipinski definition) is 5. The molecule has 0 aromatic heterocycles. The second-order valence-electron chi connectivity index (χ2n) is 4.31. The molecule has 1 fully saturated rings. The van der Waals surface area contributed by atoms with Crippen molar-refractivity contribution in [3.63, 3.8) is 0 Å². The normalized spacial score (nSPS) is 20.8. The van der Waals surface area contributed by atoms with Crippen molar-refractivity contribution in [2.24, 2.45) is 0 Å². The molecule has 0 radical (unpaired) electrons. The second kappa shape index (κ2) is 6.60. The summed E-state index contributed by atoms with van der Waals surface area (Å²) in [7, 11) is 0. The molecule has 1 aliphatic rings. The van der Waals surface area contributed by atoms with Crippen molar-refractivity contribution in [1.82, 2.24) is 10.2 Å². The fourth-order valence-corrected chi connectivity index (χ4v) is 1.81. The summed E-state index contributed by atoms with van der Waals surface area (Å²) in [5.74, 6) is 0.292. The topological polar surface area (TPSA) is 58.6 Å². The minimum absolute atomic E-state index is 0.0162. The van der Waals surface area contributed by atoms with Gasteiger partial charge in [0, 0.05) is 25.6 Å². The first-order valence-electron chi connectivity index (χ1n) is 5.70. The molecule has 92 valence electrons. The van der Waals surface area contributed by atoms with Gasteiger partial charge in [0.15, 0.2) is 5.78 Å². The van der Waals surface area contributed by atoms with E-state index in [1.807, 2.05) is 18.7 Å². The summed E-state index contributed by atoms with van der Waals surface area (Å²) in [5.41, 5.74) is 0. The Morgan fingerprint density at radius 2 is 2.38 bits per heavy atom. The first kappa shape index (κ1) is 13.1. The molecule has 0 saturated carbocycles. The summed E-state index contributed by atoms with van der Waals surface area (Å²) < 4.78 is 4.74.